The van der Waals surface area contributed by atoms with E-state index in [9.17, 15) is 5.11 Å². The average molecular weight is 154 g/mol. The van der Waals surface area contributed by atoms with Gasteiger partial charge in [0.25, 0.3) is 0 Å². The van der Waals surface area contributed by atoms with Gasteiger partial charge < -0.3 is 5.11 Å². The SMILES string of the molecule is CCCC=C=C(CC)C(C)O. The molecule has 1 N–H and O–H groups in total. The van der Waals surface area contributed by atoms with Crippen molar-refractivity contribution in [3.8, 4) is 0 Å². The van der Waals surface area contributed by atoms with Gasteiger partial charge in [-0.2, -0.15) is 0 Å². The molecule has 0 aliphatic heterocycles. The quantitative estimate of drug-likeness (QED) is 0.617. The lowest BCUT2D eigenvalue weighted by molar-refractivity contribution is 0.228. The van der Waals surface area contributed by atoms with Gasteiger partial charge in [0.2, 0.25) is 0 Å². The number of hydrogen-bond donors (Lipinski definition) is 1. The molecule has 0 bridgehead atoms. The molecule has 1 nitrogen and oxygen atoms in total. The Balaban J connectivity index is 4.10. The fourth-order valence-electron chi connectivity index (χ4n) is 0.866. The standard InChI is InChI=1S/C10H18O/c1-4-6-7-8-10(5-2)9(3)11/h7,9,11H,4-6H2,1-3H3. The molecule has 0 amide bonds. The highest BCUT2D eigenvalue weighted by molar-refractivity contribution is 5.05. The molecule has 0 saturated carbocycles. The Morgan fingerprint density at radius 3 is 2.55 bits per heavy atom. The zero-order chi connectivity index (χ0) is 8.69. The van der Waals surface area contributed by atoms with Crippen LogP contribution in [-0.4, -0.2) is 11.2 Å². The lowest BCUT2D eigenvalue weighted by atomic mass is 10.1. The Morgan fingerprint density at radius 2 is 2.18 bits per heavy atom. The maximum absolute atomic E-state index is 9.19. The van der Waals surface area contributed by atoms with E-state index in [4.69, 9.17) is 0 Å². The fourth-order valence-corrected chi connectivity index (χ4v) is 0.866. The summed E-state index contributed by atoms with van der Waals surface area (Å²) in [6.45, 7) is 5.95. The van der Waals surface area contributed by atoms with Crippen LogP contribution in [0.3, 0.4) is 0 Å². The third-order valence-electron chi connectivity index (χ3n) is 1.61. The van der Waals surface area contributed by atoms with E-state index in [1.807, 2.05) is 13.0 Å². The molecule has 0 rings (SSSR count). The van der Waals surface area contributed by atoms with Gasteiger partial charge in [0.1, 0.15) is 0 Å². The number of hydrogen-bond acceptors (Lipinski definition) is 1. The molecule has 0 saturated heterocycles. The van der Waals surface area contributed by atoms with E-state index in [0.29, 0.717) is 0 Å². The van der Waals surface area contributed by atoms with E-state index < -0.39 is 0 Å². The van der Waals surface area contributed by atoms with Crippen LogP contribution < -0.4 is 0 Å². The molecule has 0 aromatic rings. The molecule has 0 aliphatic carbocycles. The molecular formula is C10H18O. The molecule has 0 spiro atoms. The molecule has 0 aliphatic rings. The van der Waals surface area contributed by atoms with Crippen LogP contribution in [0.2, 0.25) is 0 Å². The summed E-state index contributed by atoms with van der Waals surface area (Å²) in [6, 6.07) is 0. The van der Waals surface area contributed by atoms with Crippen molar-refractivity contribution in [3.63, 3.8) is 0 Å². The largest absolute Gasteiger partial charge is 0.388 e. The van der Waals surface area contributed by atoms with Crippen molar-refractivity contribution in [1.29, 1.82) is 0 Å². The second kappa shape index (κ2) is 6.21. The van der Waals surface area contributed by atoms with Gasteiger partial charge in [0.15, 0.2) is 0 Å². The first-order valence-corrected chi connectivity index (χ1v) is 4.34. The van der Waals surface area contributed by atoms with Crippen LogP contribution in [0.4, 0.5) is 0 Å². The van der Waals surface area contributed by atoms with E-state index >= 15 is 0 Å². The van der Waals surface area contributed by atoms with Crippen molar-refractivity contribution in [3.05, 3.63) is 17.4 Å². The van der Waals surface area contributed by atoms with E-state index in [-0.39, 0.29) is 6.10 Å². The second-order valence-electron chi connectivity index (χ2n) is 2.69. The van der Waals surface area contributed by atoms with E-state index in [0.717, 1.165) is 24.8 Å². The van der Waals surface area contributed by atoms with Crippen LogP contribution in [-0.2, 0) is 0 Å². The van der Waals surface area contributed by atoms with Crippen LogP contribution in [0.25, 0.3) is 0 Å². The maximum Gasteiger partial charge on any atom is 0.0795 e. The van der Waals surface area contributed by atoms with Crippen molar-refractivity contribution in [2.75, 3.05) is 0 Å². The fraction of sp³-hybridized carbons (Fsp3) is 0.700. The monoisotopic (exact) mass is 154 g/mol. The van der Waals surface area contributed by atoms with Crippen LogP contribution in [0.15, 0.2) is 17.4 Å². The van der Waals surface area contributed by atoms with Crippen LogP contribution in [0, 0.1) is 0 Å². The highest BCUT2D eigenvalue weighted by Crippen LogP contribution is 2.04. The van der Waals surface area contributed by atoms with Crippen LogP contribution >= 0.6 is 0 Å². The molecule has 0 aromatic carbocycles. The molecular weight excluding hydrogens is 136 g/mol. The zero-order valence-electron chi connectivity index (χ0n) is 7.72. The smallest absolute Gasteiger partial charge is 0.0795 e. The Hall–Kier alpha value is -0.520. The van der Waals surface area contributed by atoms with Crippen LogP contribution in [0.5, 0.6) is 0 Å². The highest BCUT2D eigenvalue weighted by atomic mass is 16.3. The number of rotatable bonds is 4. The van der Waals surface area contributed by atoms with E-state index in [1.54, 1.807) is 6.92 Å². The van der Waals surface area contributed by atoms with E-state index in [2.05, 4.69) is 12.7 Å². The normalized spacial score (nSPS) is 12.0. The minimum Gasteiger partial charge on any atom is -0.388 e. The number of aliphatic hydroxyl groups excluding tert-OH is 1. The first-order chi connectivity index (χ1) is 5.22. The van der Waals surface area contributed by atoms with Gasteiger partial charge in [-0.1, -0.05) is 20.3 Å². The lowest BCUT2D eigenvalue weighted by Gasteiger charge is -2.02. The number of aliphatic hydroxyl groups is 1. The zero-order valence-corrected chi connectivity index (χ0v) is 7.72. The summed E-state index contributed by atoms with van der Waals surface area (Å²) >= 11 is 0. The summed E-state index contributed by atoms with van der Waals surface area (Å²) < 4.78 is 0. The summed E-state index contributed by atoms with van der Waals surface area (Å²) in [5.74, 6) is 0. The molecule has 0 heterocycles. The minimum atomic E-state index is -0.340. The Kier molecular flexibility index (Phi) is 5.91. The van der Waals surface area contributed by atoms with Gasteiger partial charge >= 0.3 is 0 Å². The van der Waals surface area contributed by atoms with Crippen molar-refractivity contribution in [2.24, 2.45) is 0 Å². The molecule has 0 aromatic heterocycles. The van der Waals surface area contributed by atoms with Crippen molar-refractivity contribution < 1.29 is 5.11 Å². The summed E-state index contributed by atoms with van der Waals surface area (Å²) in [5.41, 5.74) is 4.11. The molecule has 1 unspecified atom stereocenters. The first kappa shape index (κ1) is 10.5. The van der Waals surface area contributed by atoms with Crippen molar-refractivity contribution in [1.82, 2.24) is 0 Å². The summed E-state index contributed by atoms with van der Waals surface area (Å²) in [6.07, 6.45) is 4.75. The maximum atomic E-state index is 9.19. The van der Waals surface area contributed by atoms with Gasteiger partial charge in [-0.15, -0.1) is 5.73 Å². The minimum absolute atomic E-state index is 0.340. The second-order valence-corrected chi connectivity index (χ2v) is 2.69. The Morgan fingerprint density at radius 1 is 1.55 bits per heavy atom. The summed E-state index contributed by atoms with van der Waals surface area (Å²) in [5, 5.41) is 9.19. The molecule has 11 heavy (non-hydrogen) atoms. The molecule has 1 heteroatoms. The average Bonchev–Trinajstić information content (AvgIpc) is 1.97. The topological polar surface area (TPSA) is 20.2 Å². The van der Waals surface area contributed by atoms with Gasteiger partial charge in [-0.25, -0.2) is 0 Å². The van der Waals surface area contributed by atoms with Crippen molar-refractivity contribution in [2.45, 2.75) is 46.1 Å². The lowest BCUT2D eigenvalue weighted by Crippen LogP contribution is -2.01. The van der Waals surface area contributed by atoms with Gasteiger partial charge in [-0.3, -0.25) is 0 Å². The molecule has 1 atom stereocenters. The molecule has 0 radical (unpaired) electrons. The van der Waals surface area contributed by atoms with Gasteiger partial charge in [-0.05, 0) is 31.4 Å². The predicted octanol–water partition coefficient (Wildman–Crippen LogP) is 2.66. The third kappa shape index (κ3) is 4.83. The van der Waals surface area contributed by atoms with E-state index in [1.165, 1.54) is 0 Å². The predicted molar refractivity (Wildman–Crippen MR) is 48.5 cm³/mol. The van der Waals surface area contributed by atoms with Crippen molar-refractivity contribution >= 4 is 0 Å². The molecule has 0 fully saturated rings. The first-order valence-electron chi connectivity index (χ1n) is 4.34. The van der Waals surface area contributed by atoms with Crippen LogP contribution in [0.1, 0.15) is 40.0 Å². The third-order valence-corrected chi connectivity index (χ3v) is 1.61. The molecule has 64 valence electrons. The van der Waals surface area contributed by atoms with Gasteiger partial charge in [0.05, 0.1) is 6.10 Å². The summed E-state index contributed by atoms with van der Waals surface area (Å²) in [7, 11) is 0. The summed E-state index contributed by atoms with van der Waals surface area (Å²) in [4.78, 5) is 0. The Bertz CT molecular complexity index is 150. The number of unbranched alkanes of at least 4 members (excludes halogenated alkanes) is 1. The van der Waals surface area contributed by atoms with Gasteiger partial charge in [0, 0.05) is 0 Å². The Labute approximate surface area is 69.4 Å². The highest BCUT2D eigenvalue weighted by Gasteiger charge is 1.98.